The van der Waals surface area contributed by atoms with Gasteiger partial charge >= 0.3 is 6.03 Å². The van der Waals surface area contributed by atoms with Crippen molar-refractivity contribution in [3.05, 3.63) is 41.6 Å². The van der Waals surface area contributed by atoms with Gasteiger partial charge in [-0.25, -0.2) is 14.8 Å². The van der Waals surface area contributed by atoms with Gasteiger partial charge in [-0.1, -0.05) is 0 Å². The number of carbonyl (C=O) groups excluding carboxylic acids is 1. The molecule has 0 spiro atoms. The highest BCUT2D eigenvalue weighted by Crippen LogP contribution is 2.21. The first-order chi connectivity index (χ1) is 11.5. The van der Waals surface area contributed by atoms with Crippen LogP contribution in [0.5, 0.6) is 0 Å². The lowest BCUT2D eigenvalue weighted by Gasteiger charge is -2.32. The monoisotopic (exact) mass is 327 g/mol. The zero-order valence-corrected chi connectivity index (χ0v) is 14.6. The molecule has 2 aromatic heterocycles. The molecule has 0 aromatic carbocycles. The lowest BCUT2D eigenvalue weighted by atomic mass is 9.94. The van der Waals surface area contributed by atoms with Crippen molar-refractivity contribution in [1.82, 2.24) is 19.4 Å². The maximum atomic E-state index is 12.6. The van der Waals surface area contributed by atoms with Crippen LogP contribution in [-0.4, -0.2) is 38.6 Å². The number of aryl methyl sites for hydroxylation is 3. The fourth-order valence-electron chi connectivity index (χ4n) is 3.36. The number of nitrogens with zero attached hydrogens (tertiary/aromatic N) is 4. The summed E-state index contributed by atoms with van der Waals surface area (Å²) in [5.41, 5.74) is 2.01. The SMILES string of the molecule is Cc1cc(C)nc(NC(=O)N2CCCC(Cc3nccn3C)C2)c1. The van der Waals surface area contributed by atoms with Gasteiger partial charge in [0.15, 0.2) is 0 Å². The normalized spacial score (nSPS) is 17.8. The number of rotatable bonds is 3. The molecule has 128 valence electrons. The van der Waals surface area contributed by atoms with E-state index in [9.17, 15) is 4.79 Å². The number of hydrogen-bond acceptors (Lipinski definition) is 3. The van der Waals surface area contributed by atoms with Crippen LogP contribution in [0.15, 0.2) is 24.5 Å². The molecule has 0 radical (unpaired) electrons. The van der Waals surface area contributed by atoms with E-state index in [-0.39, 0.29) is 6.03 Å². The van der Waals surface area contributed by atoms with Crippen molar-refractivity contribution in [3.63, 3.8) is 0 Å². The average molecular weight is 327 g/mol. The first-order valence-electron chi connectivity index (χ1n) is 8.48. The first-order valence-corrected chi connectivity index (χ1v) is 8.48. The second-order valence-corrected chi connectivity index (χ2v) is 6.71. The van der Waals surface area contributed by atoms with Crippen molar-refractivity contribution in [2.75, 3.05) is 18.4 Å². The summed E-state index contributed by atoms with van der Waals surface area (Å²) in [5.74, 6) is 2.17. The summed E-state index contributed by atoms with van der Waals surface area (Å²) >= 11 is 0. The molecule has 24 heavy (non-hydrogen) atoms. The van der Waals surface area contributed by atoms with E-state index in [0.29, 0.717) is 11.7 Å². The average Bonchev–Trinajstić information content (AvgIpc) is 2.91. The second kappa shape index (κ2) is 7.03. The highest BCUT2D eigenvalue weighted by molar-refractivity contribution is 5.88. The molecule has 1 aliphatic rings. The molecule has 0 bridgehead atoms. The molecule has 1 aliphatic heterocycles. The van der Waals surface area contributed by atoms with Crippen molar-refractivity contribution >= 4 is 11.8 Å². The van der Waals surface area contributed by atoms with Crippen LogP contribution in [0.4, 0.5) is 10.6 Å². The molecule has 1 atom stereocenters. The maximum absolute atomic E-state index is 12.6. The van der Waals surface area contributed by atoms with Crippen LogP contribution in [-0.2, 0) is 13.5 Å². The van der Waals surface area contributed by atoms with E-state index in [4.69, 9.17) is 0 Å². The quantitative estimate of drug-likeness (QED) is 0.943. The number of piperidine rings is 1. The molecule has 2 aromatic rings. The van der Waals surface area contributed by atoms with Crippen LogP contribution in [0, 0.1) is 19.8 Å². The van der Waals surface area contributed by atoms with E-state index in [0.717, 1.165) is 49.4 Å². The highest BCUT2D eigenvalue weighted by atomic mass is 16.2. The Balaban J connectivity index is 1.61. The lowest BCUT2D eigenvalue weighted by molar-refractivity contribution is 0.176. The number of likely N-dealkylation sites (tertiary alicyclic amines) is 1. The minimum atomic E-state index is -0.0583. The van der Waals surface area contributed by atoms with E-state index >= 15 is 0 Å². The molecule has 0 aliphatic carbocycles. The van der Waals surface area contributed by atoms with Gasteiger partial charge in [-0.05, 0) is 50.3 Å². The fourth-order valence-corrected chi connectivity index (χ4v) is 3.36. The molecule has 3 heterocycles. The van der Waals surface area contributed by atoms with Crippen molar-refractivity contribution < 1.29 is 4.79 Å². The molecule has 1 fully saturated rings. The number of nitrogens with one attached hydrogen (secondary N) is 1. The van der Waals surface area contributed by atoms with Crippen molar-refractivity contribution in [1.29, 1.82) is 0 Å². The van der Waals surface area contributed by atoms with Gasteiger partial charge in [0.25, 0.3) is 0 Å². The van der Waals surface area contributed by atoms with E-state index in [1.54, 1.807) is 0 Å². The Morgan fingerprint density at radius 1 is 1.38 bits per heavy atom. The number of pyridine rings is 1. The third kappa shape index (κ3) is 3.93. The summed E-state index contributed by atoms with van der Waals surface area (Å²) in [6.07, 6.45) is 6.87. The molecule has 6 nitrogen and oxygen atoms in total. The molecule has 6 heteroatoms. The second-order valence-electron chi connectivity index (χ2n) is 6.71. The van der Waals surface area contributed by atoms with Crippen molar-refractivity contribution in [2.24, 2.45) is 13.0 Å². The van der Waals surface area contributed by atoms with Gasteiger partial charge in [-0.15, -0.1) is 0 Å². The summed E-state index contributed by atoms with van der Waals surface area (Å²) in [6, 6.07) is 3.84. The van der Waals surface area contributed by atoms with Gasteiger partial charge in [-0.2, -0.15) is 0 Å². The Kier molecular flexibility index (Phi) is 4.83. The number of imidazole rings is 1. The molecular formula is C18H25N5O. The molecule has 1 N–H and O–H groups in total. The third-order valence-corrected chi connectivity index (χ3v) is 4.53. The van der Waals surface area contributed by atoms with Crippen molar-refractivity contribution in [2.45, 2.75) is 33.1 Å². The molecule has 1 saturated heterocycles. The Labute approximate surface area is 142 Å². The summed E-state index contributed by atoms with van der Waals surface area (Å²) in [5, 5.41) is 2.94. The van der Waals surface area contributed by atoms with Crippen LogP contribution in [0.25, 0.3) is 0 Å². The Morgan fingerprint density at radius 3 is 2.92 bits per heavy atom. The number of carbonyl (C=O) groups is 1. The molecule has 0 saturated carbocycles. The predicted molar refractivity (Wildman–Crippen MR) is 93.9 cm³/mol. The van der Waals surface area contributed by atoms with Crippen LogP contribution in [0.1, 0.15) is 29.9 Å². The molecular weight excluding hydrogens is 302 g/mol. The highest BCUT2D eigenvalue weighted by Gasteiger charge is 2.25. The standard InChI is InChI=1S/C18H25N5O/c1-13-9-14(2)20-16(10-13)21-18(24)23-7-4-5-15(12-23)11-17-19-6-8-22(17)3/h6,8-10,15H,4-5,7,11-12H2,1-3H3,(H,20,21,24). The Morgan fingerprint density at radius 2 is 2.21 bits per heavy atom. The largest absolute Gasteiger partial charge is 0.338 e. The topological polar surface area (TPSA) is 63.1 Å². The number of aromatic nitrogens is 3. The molecule has 3 rings (SSSR count). The van der Waals surface area contributed by atoms with Crippen LogP contribution < -0.4 is 5.32 Å². The summed E-state index contributed by atoms with van der Waals surface area (Å²) in [7, 11) is 2.02. The lowest BCUT2D eigenvalue weighted by Crippen LogP contribution is -2.43. The Hall–Kier alpha value is -2.37. The third-order valence-electron chi connectivity index (χ3n) is 4.53. The van der Waals surface area contributed by atoms with Gasteiger partial charge < -0.3 is 9.47 Å². The van der Waals surface area contributed by atoms with E-state index in [1.165, 1.54) is 0 Å². The first kappa shape index (κ1) is 16.5. The van der Waals surface area contributed by atoms with Gasteiger partial charge in [0, 0.05) is 44.6 Å². The van der Waals surface area contributed by atoms with Gasteiger partial charge in [0.1, 0.15) is 11.6 Å². The van der Waals surface area contributed by atoms with Gasteiger partial charge in [0.05, 0.1) is 0 Å². The van der Waals surface area contributed by atoms with Gasteiger partial charge in [0.2, 0.25) is 0 Å². The van der Waals surface area contributed by atoms with Crippen LogP contribution in [0.3, 0.4) is 0 Å². The zero-order valence-electron chi connectivity index (χ0n) is 14.6. The summed E-state index contributed by atoms with van der Waals surface area (Å²) < 4.78 is 2.05. The fraction of sp³-hybridized carbons (Fsp3) is 0.500. The number of hydrogen-bond donors (Lipinski definition) is 1. The summed E-state index contributed by atoms with van der Waals surface area (Å²) in [6.45, 7) is 5.51. The number of urea groups is 1. The van der Waals surface area contributed by atoms with E-state index in [1.807, 2.05) is 50.3 Å². The maximum Gasteiger partial charge on any atom is 0.323 e. The van der Waals surface area contributed by atoms with Crippen LogP contribution >= 0.6 is 0 Å². The molecule has 2 amide bonds. The van der Waals surface area contributed by atoms with Crippen LogP contribution in [0.2, 0.25) is 0 Å². The predicted octanol–water partition coefficient (Wildman–Crippen LogP) is 2.92. The zero-order chi connectivity index (χ0) is 17.1. The van der Waals surface area contributed by atoms with E-state index in [2.05, 4.69) is 19.9 Å². The minimum Gasteiger partial charge on any atom is -0.338 e. The van der Waals surface area contributed by atoms with Gasteiger partial charge in [-0.3, -0.25) is 5.32 Å². The van der Waals surface area contributed by atoms with E-state index < -0.39 is 0 Å². The Bertz CT molecular complexity index is 704. The number of amides is 2. The minimum absolute atomic E-state index is 0.0583. The molecule has 1 unspecified atom stereocenters. The summed E-state index contributed by atoms with van der Waals surface area (Å²) in [4.78, 5) is 23.2. The smallest absolute Gasteiger partial charge is 0.323 e. The number of anilines is 1. The van der Waals surface area contributed by atoms with Crippen molar-refractivity contribution in [3.8, 4) is 0 Å².